The predicted molar refractivity (Wildman–Crippen MR) is 73.5 cm³/mol. The van der Waals surface area contributed by atoms with Gasteiger partial charge in [0.1, 0.15) is 0 Å². The molecule has 1 rings (SSSR count). The Kier molecular flexibility index (Phi) is 7.47. The molecule has 0 aliphatic carbocycles. The van der Waals surface area contributed by atoms with Crippen molar-refractivity contribution >= 4 is 21.7 Å². The fourth-order valence-electron chi connectivity index (χ4n) is 1.03. The molecule has 0 spiro atoms. The van der Waals surface area contributed by atoms with E-state index >= 15 is 0 Å². The van der Waals surface area contributed by atoms with Gasteiger partial charge in [-0.15, -0.1) is 11.6 Å². The normalized spacial score (nSPS) is 11.6. The first-order chi connectivity index (χ1) is 8.14. The van der Waals surface area contributed by atoms with Gasteiger partial charge in [0.2, 0.25) is 0 Å². The number of hydrogen-bond acceptors (Lipinski definition) is 3. The monoisotopic (exact) mass is 293 g/mol. The molecule has 0 atom stereocenters. The van der Waals surface area contributed by atoms with E-state index in [9.17, 15) is 13.0 Å². The summed E-state index contributed by atoms with van der Waals surface area (Å²) in [5.41, 5.74) is 0.530. The van der Waals surface area contributed by atoms with E-state index in [-0.39, 0.29) is 0 Å². The summed E-state index contributed by atoms with van der Waals surface area (Å²) < 4.78 is 31.7. The molecule has 4 nitrogen and oxygen atoms in total. The molecule has 0 aliphatic rings. The molecule has 0 radical (unpaired) electrons. The van der Waals surface area contributed by atoms with Crippen LogP contribution in [-0.4, -0.2) is 51.0 Å². The van der Waals surface area contributed by atoms with Gasteiger partial charge in [-0.05, 0) is 5.56 Å². The predicted octanol–water partition coefficient (Wildman–Crippen LogP) is 1.66. The standard InChI is InChI=1S/C7H8O3S.C5H13ClN/c8-11(9,10)6-7-4-2-1-3-5-7;1-7(2,3)5-4-6/h1-5H,6H2,(H,8,9,10);4-5H2,1-3H3/q;+1/p-1. The average Bonchev–Trinajstić information content (AvgIpc) is 2.15. The summed E-state index contributed by atoms with van der Waals surface area (Å²) in [4.78, 5) is 0. The van der Waals surface area contributed by atoms with Gasteiger partial charge in [-0.25, -0.2) is 8.42 Å². The third-order valence-corrected chi connectivity index (χ3v) is 2.80. The van der Waals surface area contributed by atoms with E-state index in [0.29, 0.717) is 5.56 Å². The van der Waals surface area contributed by atoms with Crippen LogP contribution in [0.4, 0.5) is 0 Å². The van der Waals surface area contributed by atoms with Gasteiger partial charge in [0, 0.05) is 0 Å². The number of quaternary nitrogens is 1. The zero-order valence-electron chi connectivity index (χ0n) is 11.0. The third kappa shape index (κ3) is 11.9. The highest BCUT2D eigenvalue weighted by atomic mass is 35.5. The SMILES string of the molecule is C[N+](C)(C)CCCl.O=S(=O)([O-])Cc1ccccc1. The van der Waals surface area contributed by atoms with E-state index in [4.69, 9.17) is 11.6 Å². The molecule has 0 saturated heterocycles. The Morgan fingerprint density at radius 2 is 1.67 bits per heavy atom. The van der Waals surface area contributed by atoms with Gasteiger partial charge in [-0.3, -0.25) is 0 Å². The van der Waals surface area contributed by atoms with E-state index < -0.39 is 15.9 Å². The maximum atomic E-state index is 10.2. The Morgan fingerprint density at radius 1 is 1.17 bits per heavy atom. The summed E-state index contributed by atoms with van der Waals surface area (Å²) in [5.74, 6) is 0.331. The molecule has 1 aromatic rings. The molecule has 1 aromatic carbocycles. The van der Waals surface area contributed by atoms with E-state index in [2.05, 4.69) is 21.1 Å². The van der Waals surface area contributed by atoms with Crippen molar-refractivity contribution in [3.8, 4) is 0 Å². The van der Waals surface area contributed by atoms with Gasteiger partial charge in [-0.2, -0.15) is 0 Å². The minimum atomic E-state index is -4.13. The first-order valence-corrected chi connectivity index (χ1v) is 7.59. The van der Waals surface area contributed by atoms with Crippen molar-refractivity contribution in [3.63, 3.8) is 0 Å². The van der Waals surface area contributed by atoms with E-state index in [0.717, 1.165) is 16.9 Å². The minimum absolute atomic E-state index is 0.423. The van der Waals surface area contributed by atoms with Crippen LogP contribution in [-0.2, 0) is 15.9 Å². The second-order valence-electron chi connectivity index (χ2n) is 4.89. The summed E-state index contributed by atoms with van der Waals surface area (Å²) in [5, 5.41) is 0. The maximum absolute atomic E-state index is 10.2. The molecule has 0 N–H and O–H groups in total. The lowest BCUT2D eigenvalue weighted by Crippen LogP contribution is -2.35. The summed E-state index contributed by atoms with van der Waals surface area (Å²) in [6.45, 7) is 1.04. The molecule has 0 unspecified atom stereocenters. The lowest BCUT2D eigenvalue weighted by atomic mass is 10.2. The Morgan fingerprint density at radius 3 is 1.94 bits per heavy atom. The van der Waals surface area contributed by atoms with Crippen molar-refractivity contribution in [2.45, 2.75) is 5.75 Å². The lowest BCUT2D eigenvalue weighted by Gasteiger charge is -2.21. The van der Waals surface area contributed by atoms with Crippen LogP contribution in [0, 0.1) is 0 Å². The van der Waals surface area contributed by atoms with Crippen LogP contribution in [0.3, 0.4) is 0 Å². The Bertz CT molecular complexity index is 426. The lowest BCUT2D eigenvalue weighted by molar-refractivity contribution is -0.867. The molecule has 0 saturated carbocycles. The first kappa shape index (κ1) is 17.4. The summed E-state index contributed by atoms with van der Waals surface area (Å²) in [7, 11) is 2.25. The minimum Gasteiger partial charge on any atom is -0.748 e. The topological polar surface area (TPSA) is 57.2 Å². The van der Waals surface area contributed by atoms with Crippen LogP contribution in [0.25, 0.3) is 0 Å². The summed E-state index contributed by atoms with van der Waals surface area (Å²) in [6.07, 6.45) is 0. The summed E-state index contributed by atoms with van der Waals surface area (Å²) in [6, 6.07) is 8.37. The Labute approximate surface area is 115 Å². The first-order valence-electron chi connectivity index (χ1n) is 5.48. The van der Waals surface area contributed by atoms with Crippen molar-refractivity contribution in [1.29, 1.82) is 0 Å². The number of alkyl halides is 1. The number of benzene rings is 1. The van der Waals surface area contributed by atoms with Crippen LogP contribution < -0.4 is 0 Å². The number of halogens is 1. The van der Waals surface area contributed by atoms with Crippen molar-refractivity contribution in [3.05, 3.63) is 35.9 Å². The largest absolute Gasteiger partial charge is 0.748 e. The Hall–Kier alpha value is -0.620. The second-order valence-corrected chi connectivity index (χ2v) is 6.67. The van der Waals surface area contributed by atoms with E-state index in [1.807, 2.05) is 0 Å². The van der Waals surface area contributed by atoms with Gasteiger partial charge >= 0.3 is 0 Å². The van der Waals surface area contributed by atoms with Crippen LogP contribution in [0.2, 0.25) is 0 Å². The smallest absolute Gasteiger partial charge is 0.0988 e. The van der Waals surface area contributed by atoms with Crippen LogP contribution >= 0.6 is 11.6 Å². The van der Waals surface area contributed by atoms with Crippen molar-refractivity contribution in [1.82, 2.24) is 0 Å². The molecule has 104 valence electrons. The van der Waals surface area contributed by atoms with Gasteiger partial charge in [0.15, 0.2) is 0 Å². The van der Waals surface area contributed by atoms with Crippen LogP contribution in [0.1, 0.15) is 5.56 Å². The van der Waals surface area contributed by atoms with Gasteiger partial charge in [0.25, 0.3) is 0 Å². The van der Waals surface area contributed by atoms with Crippen molar-refractivity contribution in [2.75, 3.05) is 33.6 Å². The van der Waals surface area contributed by atoms with Gasteiger partial charge < -0.3 is 9.04 Å². The molecule has 6 heteroatoms. The fourth-order valence-corrected chi connectivity index (χ4v) is 2.14. The van der Waals surface area contributed by atoms with Crippen LogP contribution in [0.15, 0.2) is 30.3 Å². The van der Waals surface area contributed by atoms with Crippen molar-refractivity contribution < 1.29 is 17.5 Å². The summed E-state index contributed by atoms with van der Waals surface area (Å²) >= 11 is 5.47. The van der Waals surface area contributed by atoms with Gasteiger partial charge in [0.05, 0.1) is 49.4 Å². The number of nitrogens with zero attached hydrogens (tertiary/aromatic N) is 1. The highest BCUT2D eigenvalue weighted by Crippen LogP contribution is 2.02. The molecule has 0 aromatic heterocycles. The molecule has 0 fully saturated rings. The molecule has 0 amide bonds. The van der Waals surface area contributed by atoms with Crippen LogP contribution in [0.5, 0.6) is 0 Å². The zero-order chi connectivity index (χ0) is 14.2. The second kappa shape index (κ2) is 7.74. The molecule has 0 aliphatic heterocycles. The average molecular weight is 294 g/mol. The molecular formula is C12H20ClNO3S. The molecule has 18 heavy (non-hydrogen) atoms. The number of hydrogen-bond donors (Lipinski definition) is 0. The number of rotatable bonds is 4. The van der Waals surface area contributed by atoms with Crippen molar-refractivity contribution in [2.24, 2.45) is 0 Å². The third-order valence-electron chi connectivity index (χ3n) is 1.94. The fraction of sp³-hybridized carbons (Fsp3) is 0.500. The molecular weight excluding hydrogens is 274 g/mol. The highest BCUT2D eigenvalue weighted by Gasteiger charge is 2.02. The quantitative estimate of drug-likeness (QED) is 0.482. The zero-order valence-corrected chi connectivity index (χ0v) is 12.5. The molecule has 0 heterocycles. The Balaban J connectivity index is 0.000000360. The van der Waals surface area contributed by atoms with E-state index in [1.165, 1.54) is 0 Å². The van der Waals surface area contributed by atoms with E-state index in [1.54, 1.807) is 30.3 Å². The molecule has 0 bridgehead atoms. The van der Waals surface area contributed by atoms with Gasteiger partial charge in [-0.1, -0.05) is 30.3 Å². The maximum Gasteiger partial charge on any atom is 0.0988 e. The highest BCUT2D eigenvalue weighted by molar-refractivity contribution is 7.84.